The van der Waals surface area contributed by atoms with E-state index in [2.05, 4.69) is 6.92 Å². The van der Waals surface area contributed by atoms with Gasteiger partial charge in [0.25, 0.3) is 0 Å². The first-order valence-electron chi connectivity index (χ1n) is 13.0. The summed E-state index contributed by atoms with van der Waals surface area (Å²) in [6.45, 7) is 5.86. The fourth-order valence-corrected chi connectivity index (χ4v) is 4.02. The fraction of sp³-hybridized carbons (Fsp3) is 0.741. The lowest BCUT2D eigenvalue weighted by atomic mass is 10.0. The zero-order chi connectivity index (χ0) is 24.3. The van der Waals surface area contributed by atoms with Gasteiger partial charge in [0.15, 0.2) is 0 Å². The quantitative estimate of drug-likeness (QED) is 0.359. The standard InChI is InChI=1S/C27H44O7/c1-2-3-4-5-6-7-8-9-10-11-12-34-25-19-23-21-32-17-15-30-13-14-31-16-18-33-22-24(20-25)26(23)27(28)29/h19-20H,2-18,21-22H2,1H3,(H,28,29). The van der Waals surface area contributed by atoms with Crippen molar-refractivity contribution in [3.63, 3.8) is 0 Å². The predicted octanol–water partition coefficient (Wildman–Crippen LogP) is 5.76. The van der Waals surface area contributed by atoms with E-state index in [1.807, 2.05) is 0 Å². The Hall–Kier alpha value is -1.67. The number of fused-ring (bicyclic) bond motifs is 2. The molecule has 1 N–H and O–H groups in total. The Morgan fingerprint density at radius 2 is 1.18 bits per heavy atom. The van der Waals surface area contributed by atoms with Crippen LogP contribution in [0.2, 0.25) is 0 Å². The molecule has 0 spiro atoms. The molecule has 2 rings (SSSR count). The van der Waals surface area contributed by atoms with Gasteiger partial charge in [-0.05, 0) is 29.7 Å². The number of unbranched alkanes of at least 4 members (excludes halogenated alkanes) is 9. The van der Waals surface area contributed by atoms with Crippen LogP contribution in [0.5, 0.6) is 5.75 Å². The molecule has 7 nitrogen and oxygen atoms in total. The Balaban J connectivity index is 1.86. The summed E-state index contributed by atoms with van der Waals surface area (Å²) >= 11 is 0. The van der Waals surface area contributed by atoms with Crippen LogP contribution < -0.4 is 4.74 Å². The molecule has 0 radical (unpaired) electrons. The molecule has 2 bridgehead atoms. The minimum Gasteiger partial charge on any atom is -0.494 e. The first kappa shape index (κ1) is 28.6. The van der Waals surface area contributed by atoms with Crippen molar-refractivity contribution in [1.82, 2.24) is 0 Å². The first-order chi connectivity index (χ1) is 16.7. The molecule has 1 aromatic carbocycles. The highest BCUT2D eigenvalue weighted by Gasteiger charge is 2.18. The monoisotopic (exact) mass is 480 g/mol. The number of carbonyl (C=O) groups is 1. The second kappa shape index (κ2) is 18.6. The van der Waals surface area contributed by atoms with Crippen molar-refractivity contribution in [3.05, 3.63) is 28.8 Å². The highest BCUT2D eigenvalue weighted by molar-refractivity contribution is 5.91. The SMILES string of the molecule is CCCCCCCCCCCCOc1cc2c(C(=O)O)c(c1)COCCOCCOCCOC2. The van der Waals surface area contributed by atoms with Crippen molar-refractivity contribution in [2.75, 3.05) is 46.2 Å². The number of carboxylic acid groups (broad SMARTS) is 1. The van der Waals surface area contributed by atoms with Gasteiger partial charge in [0.2, 0.25) is 0 Å². The van der Waals surface area contributed by atoms with Crippen LogP contribution in [0.25, 0.3) is 0 Å². The van der Waals surface area contributed by atoms with E-state index >= 15 is 0 Å². The molecule has 0 saturated heterocycles. The number of benzene rings is 1. The molecule has 0 aliphatic carbocycles. The van der Waals surface area contributed by atoms with Gasteiger partial charge in [0, 0.05) is 0 Å². The van der Waals surface area contributed by atoms with Crippen LogP contribution in [0.1, 0.15) is 92.6 Å². The molecule has 0 amide bonds. The Kier molecular flexibility index (Phi) is 15.7. The third-order valence-electron chi connectivity index (χ3n) is 5.89. The van der Waals surface area contributed by atoms with E-state index in [0.717, 1.165) is 12.8 Å². The Morgan fingerprint density at radius 3 is 1.65 bits per heavy atom. The second-order valence-corrected chi connectivity index (χ2v) is 8.78. The summed E-state index contributed by atoms with van der Waals surface area (Å²) in [6.07, 6.45) is 12.7. The average molecular weight is 481 g/mol. The highest BCUT2D eigenvalue weighted by Crippen LogP contribution is 2.25. The molecule has 1 aromatic rings. The summed E-state index contributed by atoms with van der Waals surface area (Å²) in [6, 6.07) is 3.57. The van der Waals surface area contributed by atoms with Crippen LogP contribution in [0, 0.1) is 0 Å². The van der Waals surface area contributed by atoms with E-state index in [9.17, 15) is 9.90 Å². The van der Waals surface area contributed by atoms with Crippen molar-refractivity contribution in [2.24, 2.45) is 0 Å². The van der Waals surface area contributed by atoms with Crippen LogP contribution in [0.4, 0.5) is 0 Å². The van der Waals surface area contributed by atoms with E-state index in [4.69, 9.17) is 23.7 Å². The van der Waals surface area contributed by atoms with E-state index in [1.165, 1.54) is 51.4 Å². The molecular formula is C27H44O7. The smallest absolute Gasteiger partial charge is 0.336 e. The minimum atomic E-state index is -0.990. The van der Waals surface area contributed by atoms with E-state index < -0.39 is 5.97 Å². The topological polar surface area (TPSA) is 83.5 Å². The summed E-state index contributed by atoms with van der Waals surface area (Å²) in [5, 5.41) is 9.83. The van der Waals surface area contributed by atoms with Crippen molar-refractivity contribution >= 4 is 5.97 Å². The van der Waals surface area contributed by atoms with Crippen molar-refractivity contribution < 1.29 is 33.6 Å². The van der Waals surface area contributed by atoms with Crippen LogP contribution in [-0.2, 0) is 32.2 Å². The number of rotatable bonds is 13. The lowest BCUT2D eigenvalue weighted by Crippen LogP contribution is -2.12. The minimum absolute atomic E-state index is 0.184. The average Bonchev–Trinajstić information content (AvgIpc) is 2.82. The molecule has 34 heavy (non-hydrogen) atoms. The molecule has 0 unspecified atom stereocenters. The molecule has 0 aromatic heterocycles. The van der Waals surface area contributed by atoms with Gasteiger partial charge in [-0.15, -0.1) is 0 Å². The first-order valence-corrected chi connectivity index (χ1v) is 13.0. The van der Waals surface area contributed by atoms with Crippen molar-refractivity contribution in [1.29, 1.82) is 0 Å². The number of ether oxygens (including phenoxy) is 5. The largest absolute Gasteiger partial charge is 0.494 e. The van der Waals surface area contributed by atoms with Crippen molar-refractivity contribution in [2.45, 2.75) is 84.3 Å². The van der Waals surface area contributed by atoms with Gasteiger partial charge < -0.3 is 28.8 Å². The Bertz CT molecular complexity index is 642. The number of hydrogen-bond donors (Lipinski definition) is 1. The third-order valence-corrected chi connectivity index (χ3v) is 5.89. The van der Waals surface area contributed by atoms with Gasteiger partial charge in [-0.3, -0.25) is 0 Å². The van der Waals surface area contributed by atoms with Gasteiger partial charge in [0.1, 0.15) is 5.75 Å². The van der Waals surface area contributed by atoms with Crippen LogP contribution in [-0.4, -0.2) is 57.3 Å². The maximum absolute atomic E-state index is 12.0. The molecule has 194 valence electrons. The second-order valence-electron chi connectivity index (χ2n) is 8.78. The third kappa shape index (κ3) is 12.2. The summed E-state index contributed by atoms with van der Waals surface area (Å²) in [5.41, 5.74) is 1.42. The number of aromatic carboxylic acids is 1. The van der Waals surface area contributed by atoms with Gasteiger partial charge in [-0.2, -0.15) is 0 Å². The van der Waals surface area contributed by atoms with E-state index in [0.29, 0.717) is 63.1 Å². The molecule has 0 atom stereocenters. The maximum atomic E-state index is 12.0. The van der Waals surface area contributed by atoms with E-state index in [1.54, 1.807) is 12.1 Å². The fourth-order valence-electron chi connectivity index (χ4n) is 4.02. The van der Waals surface area contributed by atoms with Crippen LogP contribution in [0.15, 0.2) is 12.1 Å². The Morgan fingerprint density at radius 1 is 0.735 bits per heavy atom. The molecular weight excluding hydrogens is 436 g/mol. The summed E-state index contributed by atoms with van der Waals surface area (Å²) < 4.78 is 28.3. The summed E-state index contributed by atoms with van der Waals surface area (Å²) in [7, 11) is 0. The predicted molar refractivity (Wildman–Crippen MR) is 132 cm³/mol. The zero-order valence-electron chi connectivity index (χ0n) is 21.0. The van der Waals surface area contributed by atoms with Crippen LogP contribution in [0.3, 0.4) is 0 Å². The van der Waals surface area contributed by atoms with Gasteiger partial charge in [-0.25, -0.2) is 4.79 Å². The summed E-state index contributed by atoms with van der Waals surface area (Å²) in [4.78, 5) is 12.0. The van der Waals surface area contributed by atoms with Gasteiger partial charge in [0.05, 0.1) is 65.0 Å². The van der Waals surface area contributed by atoms with Gasteiger partial charge in [-0.1, -0.05) is 64.7 Å². The number of carboxylic acids is 1. The summed E-state index contributed by atoms with van der Waals surface area (Å²) in [5.74, 6) is -0.329. The molecule has 1 aliphatic heterocycles. The normalized spacial score (nSPS) is 15.9. The molecule has 0 saturated carbocycles. The maximum Gasteiger partial charge on any atom is 0.336 e. The highest BCUT2D eigenvalue weighted by atomic mass is 16.6. The molecule has 1 aliphatic rings. The Labute approximate surface area is 205 Å². The van der Waals surface area contributed by atoms with E-state index in [-0.39, 0.29) is 18.8 Å². The molecule has 7 heteroatoms. The van der Waals surface area contributed by atoms with Crippen molar-refractivity contribution in [3.8, 4) is 5.75 Å². The number of hydrogen-bond acceptors (Lipinski definition) is 6. The lowest BCUT2D eigenvalue weighted by Gasteiger charge is -2.16. The van der Waals surface area contributed by atoms with Crippen LogP contribution >= 0.6 is 0 Å². The molecule has 0 fully saturated rings. The lowest BCUT2D eigenvalue weighted by molar-refractivity contribution is -0.00523. The zero-order valence-corrected chi connectivity index (χ0v) is 21.0. The van der Waals surface area contributed by atoms with Gasteiger partial charge >= 0.3 is 5.97 Å². The molecule has 1 heterocycles.